The molecule has 1 aliphatic rings. The van der Waals surface area contributed by atoms with Gasteiger partial charge in [0.1, 0.15) is 0 Å². The smallest absolute Gasteiger partial charge is 0.294 e. The number of terminal acetylenes is 1. The van der Waals surface area contributed by atoms with Crippen molar-refractivity contribution < 1.29 is 19.1 Å². The Hall–Kier alpha value is -1.91. The summed E-state index contributed by atoms with van der Waals surface area (Å²) in [6.45, 7) is -0.0301. The van der Waals surface area contributed by atoms with Crippen LogP contribution in [-0.2, 0) is 4.79 Å². The maximum absolute atomic E-state index is 12.1. The molecule has 0 aromatic heterocycles. The van der Waals surface area contributed by atoms with E-state index in [1.54, 1.807) is 18.2 Å². The fraction of sp³-hybridized carbons (Fsp3) is 0.200. The van der Waals surface area contributed by atoms with Crippen LogP contribution in [-0.4, -0.2) is 36.8 Å². The molecule has 2 amide bonds. The SMILES string of the molecule is C#CCN1C(=O)S/C(=C\c2cc(Br)c(OC)c(OC)c2)C1=O. The monoisotopic (exact) mass is 381 g/mol. The second-order valence-electron chi connectivity index (χ2n) is 4.21. The zero-order valence-corrected chi connectivity index (χ0v) is 14.3. The van der Waals surface area contributed by atoms with E-state index in [9.17, 15) is 9.59 Å². The summed E-state index contributed by atoms with van der Waals surface area (Å²) in [6.07, 6.45) is 6.78. The highest BCUT2D eigenvalue weighted by Crippen LogP contribution is 2.38. The van der Waals surface area contributed by atoms with Crippen molar-refractivity contribution >= 4 is 44.9 Å². The van der Waals surface area contributed by atoms with E-state index in [1.165, 1.54) is 14.2 Å². The predicted molar refractivity (Wildman–Crippen MR) is 88.8 cm³/mol. The molecule has 22 heavy (non-hydrogen) atoms. The zero-order valence-electron chi connectivity index (χ0n) is 11.9. The average Bonchev–Trinajstić information content (AvgIpc) is 2.74. The molecule has 1 saturated heterocycles. The number of hydrogen-bond donors (Lipinski definition) is 0. The number of imide groups is 1. The summed E-state index contributed by atoms with van der Waals surface area (Å²) in [7, 11) is 3.06. The maximum Gasteiger partial charge on any atom is 0.294 e. The molecule has 0 radical (unpaired) electrons. The molecule has 0 aliphatic carbocycles. The van der Waals surface area contributed by atoms with E-state index in [0.29, 0.717) is 26.4 Å². The van der Waals surface area contributed by atoms with Crippen molar-refractivity contribution in [2.24, 2.45) is 0 Å². The van der Waals surface area contributed by atoms with Crippen LogP contribution in [0, 0.1) is 12.3 Å². The second-order valence-corrected chi connectivity index (χ2v) is 6.06. The summed E-state index contributed by atoms with van der Waals surface area (Å²) in [5, 5.41) is -0.367. The van der Waals surface area contributed by atoms with Crippen LogP contribution >= 0.6 is 27.7 Å². The van der Waals surface area contributed by atoms with Gasteiger partial charge < -0.3 is 9.47 Å². The molecule has 1 fully saturated rings. The van der Waals surface area contributed by atoms with Crippen molar-refractivity contribution in [1.29, 1.82) is 0 Å². The topological polar surface area (TPSA) is 55.8 Å². The minimum atomic E-state index is -0.390. The summed E-state index contributed by atoms with van der Waals surface area (Å²) >= 11 is 4.24. The van der Waals surface area contributed by atoms with Crippen LogP contribution in [0.25, 0.3) is 6.08 Å². The Morgan fingerprint density at radius 1 is 1.36 bits per heavy atom. The van der Waals surface area contributed by atoms with Gasteiger partial charge in [-0.1, -0.05) is 5.92 Å². The zero-order chi connectivity index (χ0) is 16.3. The molecule has 1 aromatic rings. The molecular weight excluding hydrogens is 370 g/mol. The lowest BCUT2D eigenvalue weighted by Gasteiger charge is -2.10. The lowest BCUT2D eigenvalue weighted by atomic mass is 10.2. The minimum absolute atomic E-state index is 0.0301. The number of halogens is 1. The van der Waals surface area contributed by atoms with Crippen LogP contribution < -0.4 is 9.47 Å². The van der Waals surface area contributed by atoms with E-state index < -0.39 is 0 Å². The number of methoxy groups -OCH3 is 2. The number of benzene rings is 1. The van der Waals surface area contributed by atoms with Crippen molar-refractivity contribution in [3.63, 3.8) is 0 Å². The average molecular weight is 382 g/mol. The Labute approximate surface area is 140 Å². The van der Waals surface area contributed by atoms with E-state index in [2.05, 4.69) is 21.9 Å². The number of carbonyl (C=O) groups excluding carboxylic acids is 2. The van der Waals surface area contributed by atoms with E-state index in [-0.39, 0.29) is 17.7 Å². The molecule has 0 unspecified atom stereocenters. The number of amides is 2. The molecule has 1 heterocycles. The van der Waals surface area contributed by atoms with Gasteiger partial charge in [-0.15, -0.1) is 6.42 Å². The molecule has 0 spiro atoms. The van der Waals surface area contributed by atoms with Gasteiger partial charge in [-0.05, 0) is 51.5 Å². The Morgan fingerprint density at radius 3 is 2.68 bits per heavy atom. The molecular formula is C15H12BrNO4S. The van der Waals surface area contributed by atoms with E-state index in [4.69, 9.17) is 15.9 Å². The summed E-state index contributed by atoms with van der Waals surface area (Å²) in [6, 6.07) is 3.50. The molecule has 5 nitrogen and oxygen atoms in total. The highest BCUT2D eigenvalue weighted by molar-refractivity contribution is 9.10. The van der Waals surface area contributed by atoms with Crippen molar-refractivity contribution in [2.45, 2.75) is 0 Å². The first kappa shape index (κ1) is 16.5. The predicted octanol–water partition coefficient (Wildman–Crippen LogP) is 3.14. The number of nitrogens with zero attached hydrogens (tertiary/aromatic N) is 1. The van der Waals surface area contributed by atoms with E-state index in [0.717, 1.165) is 16.7 Å². The third-order valence-corrected chi connectivity index (χ3v) is 4.37. The Morgan fingerprint density at radius 2 is 2.09 bits per heavy atom. The maximum atomic E-state index is 12.1. The first-order valence-electron chi connectivity index (χ1n) is 6.12. The fourth-order valence-electron chi connectivity index (χ4n) is 1.90. The lowest BCUT2D eigenvalue weighted by molar-refractivity contribution is -0.122. The van der Waals surface area contributed by atoms with Gasteiger partial charge >= 0.3 is 0 Å². The first-order valence-corrected chi connectivity index (χ1v) is 7.73. The van der Waals surface area contributed by atoms with Gasteiger partial charge in [0.25, 0.3) is 11.1 Å². The van der Waals surface area contributed by atoms with Gasteiger partial charge in [0, 0.05) is 0 Å². The molecule has 0 bridgehead atoms. The van der Waals surface area contributed by atoms with Crippen LogP contribution in [0.5, 0.6) is 11.5 Å². The quantitative estimate of drug-likeness (QED) is 0.592. The molecule has 1 aromatic carbocycles. The van der Waals surface area contributed by atoms with Gasteiger partial charge in [0.15, 0.2) is 11.5 Å². The minimum Gasteiger partial charge on any atom is -0.493 e. The molecule has 0 atom stereocenters. The van der Waals surface area contributed by atoms with Crippen molar-refractivity contribution in [1.82, 2.24) is 4.90 Å². The first-order chi connectivity index (χ1) is 10.5. The summed E-state index contributed by atoms with van der Waals surface area (Å²) in [5.41, 5.74) is 0.704. The Balaban J connectivity index is 2.38. The summed E-state index contributed by atoms with van der Waals surface area (Å²) in [4.78, 5) is 25.2. The van der Waals surface area contributed by atoms with Gasteiger partial charge in [-0.25, -0.2) is 0 Å². The number of rotatable bonds is 4. The molecule has 7 heteroatoms. The van der Waals surface area contributed by atoms with Crippen molar-refractivity contribution in [3.05, 3.63) is 27.1 Å². The fourth-order valence-corrected chi connectivity index (χ4v) is 3.36. The number of thioether (sulfide) groups is 1. The largest absolute Gasteiger partial charge is 0.493 e. The van der Waals surface area contributed by atoms with Crippen molar-refractivity contribution in [2.75, 3.05) is 20.8 Å². The molecule has 114 valence electrons. The Bertz CT molecular complexity index is 708. The lowest BCUT2D eigenvalue weighted by Crippen LogP contribution is -2.28. The molecule has 0 N–H and O–H groups in total. The second kappa shape index (κ2) is 6.90. The number of carbonyl (C=O) groups is 2. The number of hydrogen-bond acceptors (Lipinski definition) is 5. The third kappa shape index (κ3) is 3.13. The highest BCUT2D eigenvalue weighted by Gasteiger charge is 2.34. The third-order valence-electron chi connectivity index (χ3n) is 2.88. The van der Waals surface area contributed by atoms with Gasteiger partial charge in [-0.2, -0.15) is 0 Å². The van der Waals surface area contributed by atoms with Gasteiger partial charge in [0.2, 0.25) is 0 Å². The van der Waals surface area contributed by atoms with E-state index in [1.807, 2.05) is 0 Å². The standard InChI is InChI=1S/C15H12BrNO4S/c1-4-5-17-14(18)12(22-15(17)19)8-9-6-10(16)13(21-3)11(7-9)20-2/h1,6-8H,5H2,2-3H3/b12-8-. The van der Waals surface area contributed by atoms with Gasteiger partial charge in [-0.3, -0.25) is 14.5 Å². The summed E-state index contributed by atoms with van der Waals surface area (Å²) < 4.78 is 11.2. The normalized spacial score (nSPS) is 16.1. The summed E-state index contributed by atoms with van der Waals surface area (Å²) in [5.74, 6) is 2.98. The molecule has 1 aliphatic heterocycles. The highest BCUT2D eigenvalue weighted by atomic mass is 79.9. The van der Waals surface area contributed by atoms with Crippen LogP contribution in [0.2, 0.25) is 0 Å². The van der Waals surface area contributed by atoms with Crippen LogP contribution in [0.1, 0.15) is 5.56 Å². The molecule has 2 rings (SSSR count). The van der Waals surface area contributed by atoms with Crippen molar-refractivity contribution in [3.8, 4) is 23.8 Å². The van der Waals surface area contributed by atoms with Crippen LogP contribution in [0.4, 0.5) is 4.79 Å². The van der Waals surface area contributed by atoms with E-state index >= 15 is 0 Å². The number of ether oxygens (including phenoxy) is 2. The van der Waals surface area contributed by atoms with Gasteiger partial charge in [0.05, 0.1) is 30.1 Å². The van der Waals surface area contributed by atoms with Crippen LogP contribution in [0.3, 0.4) is 0 Å². The Kier molecular flexibility index (Phi) is 5.16. The van der Waals surface area contributed by atoms with Crippen LogP contribution in [0.15, 0.2) is 21.5 Å². The molecule has 0 saturated carbocycles.